The van der Waals surface area contributed by atoms with E-state index in [1.165, 1.54) is 12.1 Å². The van der Waals surface area contributed by atoms with Crippen molar-refractivity contribution < 1.29 is 24.4 Å². The number of rotatable bonds is 3. The Morgan fingerprint density at radius 2 is 2.12 bits per heavy atom. The molecule has 0 radical (unpaired) electrons. The molecule has 0 unspecified atom stereocenters. The fourth-order valence-electron chi connectivity index (χ4n) is 3.71. The molecule has 3 heterocycles. The summed E-state index contributed by atoms with van der Waals surface area (Å²) in [7, 11) is 0. The van der Waals surface area contributed by atoms with E-state index < -0.39 is 46.9 Å². The van der Waals surface area contributed by atoms with Crippen molar-refractivity contribution in [2.45, 2.75) is 11.7 Å². The first-order valence-electron chi connectivity index (χ1n) is 7.19. The Hall–Kier alpha value is -2.29. The summed E-state index contributed by atoms with van der Waals surface area (Å²) in [4.78, 5) is 36.8. The van der Waals surface area contributed by atoms with Crippen molar-refractivity contribution in [3.63, 3.8) is 0 Å². The summed E-state index contributed by atoms with van der Waals surface area (Å²) in [5, 5.41) is 20.7. The molecule has 1 N–H and O–H groups in total. The lowest BCUT2D eigenvalue weighted by Crippen LogP contribution is -2.43. The van der Waals surface area contributed by atoms with E-state index in [2.05, 4.69) is 0 Å². The highest BCUT2D eigenvalue weighted by atomic mass is 35.5. The number of nitrogens with zero attached hydrogens (tertiary/aromatic N) is 2. The van der Waals surface area contributed by atoms with Crippen molar-refractivity contribution in [2.24, 2.45) is 11.8 Å². The van der Waals surface area contributed by atoms with E-state index in [1.54, 1.807) is 12.2 Å². The van der Waals surface area contributed by atoms with Crippen LogP contribution in [0.5, 0.6) is 0 Å². The largest absolute Gasteiger partial charge is 0.393 e. The number of anilines is 1. The summed E-state index contributed by atoms with van der Waals surface area (Å²) in [6.45, 7) is -0.434. The monoisotopic (exact) mass is 350 g/mol. The van der Waals surface area contributed by atoms with Gasteiger partial charge in [-0.3, -0.25) is 19.7 Å². The van der Waals surface area contributed by atoms with Crippen molar-refractivity contribution >= 4 is 34.8 Å². The third kappa shape index (κ3) is 1.75. The summed E-state index contributed by atoms with van der Waals surface area (Å²) in [5.74, 6) is -2.73. The van der Waals surface area contributed by atoms with E-state index in [0.29, 0.717) is 0 Å². The standard InChI is InChI=1S/C15H11ClN2O6/c16-8-2-1-7(18(22)23)5-9(8)17-13(20)11-10-3-4-15(6-19,24-10)12(11)14(17)21/h1-5,10-12,19H,6H2/t10-,11-,12+,15+/m1/s1. The molecule has 0 aliphatic carbocycles. The maximum Gasteiger partial charge on any atom is 0.271 e. The number of benzene rings is 1. The fourth-order valence-corrected chi connectivity index (χ4v) is 3.91. The van der Waals surface area contributed by atoms with Crippen LogP contribution in [-0.4, -0.2) is 40.2 Å². The van der Waals surface area contributed by atoms with E-state index in [4.69, 9.17) is 16.3 Å². The number of carbonyl (C=O) groups excluding carboxylic acids is 2. The number of hydrogen-bond acceptors (Lipinski definition) is 6. The maximum absolute atomic E-state index is 12.8. The van der Waals surface area contributed by atoms with Crippen LogP contribution in [0.3, 0.4) is 0 Å². The molecule has 2 amide bonds. The summed E-state index contributed by atoms with van der Waals surface area (Å²) in [6, 6.07) is 3.57. The van der Waals surface area contributed by atoms with Gasteiger partial charge >= 0.3 is 0 Å². The minimum Gasteiger partial charge on any atom is -0.393 e. The second-order valence-corrected chi connectivity index (χ2v) is 6.37. The lowest BCUT2D eigenvalue weighted by atomic mass is 9.77. The first kappa shape index (κ1) is 15.3. The smallest absolute Gasteiger partial charge is 0.271 e. The number of carbonyl (C=O) groups is 2. The van der Waals surface area contributed by atoms with Crippen molar-refractivity contribution in [1.29, 1.82) is 0 Å². The fraction of sp³-hybridized carbons (Fsp3) is 0.333. The van der Waals surface area contributed by atoms with Crippen molar-refractivity contribution in [3.05, 3.63) is 45.5 Å². The predicted molar refractivity (Wildman–Crippen MR) is 81.4 cm³/mol. The second kappa shape index (κ2) is 4.85. The number of aliphatic hydroxyl groups is 1. The van der Waals surface area contributed by atoms with E-state index >= 15 is 0 Å². The van der Waals surface area contributed by atoms with Gasteiger partial charge in [-0.2, -0.15) is 0 Å². The molecular weight excluding hydrogens is 340 g/mol. The van der Waals surface area contributed by atoms with Gasteiger partial charge in [-0.25, -0.2) is 4.90 Å². The number of nitro benzene ring substituents is 1. The highest BCUT2D eigenvalue weighted by Crippen LogP contribution is 2.52. The first-order valence-corrected chi connectivity index (χ1v) is 7.57. The van der Waals surface area contributed by atoms with Crippen LogP contribution in [0.25, 0.3) is 0 Å². The molecule has 0 saturated carbocycles. The molecule has 2 saturated heterocycles. The highest BCUT2D eigenvalue weighted by Gasteiger charge is 2.67. The zero-order valence-electron chi connectivity index (χ0n) is 12.1. The van der Waals surface area contributed by atoms with Gasteiger partial charge in [0.25, 0.3) is 5.69 Å². The quantitative estimate of drug-likeness (QED) is 0.377. The van der Waals surface area contributed by atoms with Gasteiger partial charge in [0.05, 0.1) is 40.2 Å². The van der Waals surface area contributed by atoms with Crippen LogP contribution in [0.4, 0.5) is 11.4 Å². The van der Waals surface area contributed by atoms with Gasteiger partial charge in [-0.1, -0.05) is 23.8 Å². The molecule has 0 spiro atoms. The topological polar surface area (TPSA) is 110 Å². The minimum atomic E-state index is -1.22. The van der Waals surface area contributed by atoms with Crippen LogP contribution in [0.15, 0.2) is 30.4 Å². The van der Waals surface area contributed by atoms with E-state index in [0.717, 1.165) is 11.0 Å². The van der Waals surface area contributed by atoms with Crippen molar-refractivity contribution in [1.82, 2.24) is 0 Å². The maximum atomic E-state index is 12.8. The third-order valence-electron chi connectivity index (χ3n) is 4.78. The first-order chi connectivity index (χ1) is 11.4. The number of imide groups is 1. The van der Waals surface area contributed by atoms with Gasteiger partial charge in [-0.15, -0.1) is 0 Å². The van der Waals surface area contributed by atoms with Crippen LogP contribution in [0.1, 0.15) is 0 Å². The van der Waals surface area contributed by atoms with E-state index in [9.17, 15) is 24.8 Å². The summed E-state index contributed by atoms with van der Waals surface area (Å²) in [6.07, 6.45) is 2.66. The zero-order chi connectivity index (χ0) is 17.2. The molecule has 2 bridgehead atoms. The van der Waals surface area contributed by atoms with E-state index in [1.807, 2.05) is 0 Å². The average molecular weight is 351 g/mol. The van der Waals surface area contributed by atoms with Crippen molar-refractivity contribution in [2.75, 3.05) is 11.5 Å². The molecule has 4 rings (SSSR count). The lowest BCUT2D eigenvalue weighted by molar-refractivity contribution is -0.384. The lowest BCUT2D eigenvalue weighted by Gasteiger charge is -2.26. The van der Waals surface area contributed by atoms with Crippen LogP contribution >= 0.6 is 11.6 Å². The number of fused-ring (bicyclic) bond motifs is 5. The Bertz CT molecular complexity index is 824. The summed E-state index contributed by atoms with van der Waals surface area (Å²) in [5.41, 5.74) is -1.52. The van der Waals surface area contributed by atoms with Gasteiger partial charge < -0.3 is 9.84 Å². The molecule has 124 valence electrons. The number of nitro groups is 1. The van der Waals surface area contributed by atoms with Gasteiger partial charge in [0.1, 0.15) is 5.60 Å². The molecule has 4 atom stereocenters. The molecule has 8 nitrogen and oxygen atoms in total. The Labute approximate surface area is 140 Å². The second-order valence-electron chi connectivity index (χ2n) is 5.96. The van der Waals surface area contributed by atoms with Crippen molar-refractivity contribution in [3.8, 4) is 0 Å². The van der Waals surface area contributed by atoms with Gasteiger partial charge in [0.15, 0.2) is 0 Å². The molecule has 9 heteroatoms. The van der Waals surface area contributed by atoms with Crippen LogP contribution < -0.4 is 4.90 Å². The van der Waals surface area contributed by atoms with Gasteiger partial charge in [-0.05, 0) is 6.07 Å². The Balaban J connectivity index is 1.80. The van der Waals surface area contributed by atoms with Crippen LogP contribution in [-0.2, 0) is 14.3 Å². The SMILES string of the molecule is O=C1[C@H]2[C@@H](C(=O)N1c1cc([N+](=O)[O-])ccc1Cl)[C@@]1(CO)C=C[C@H]2O1. The number of non-ortho nitro benzene ring substituents is 1. The molecular formula is C15H11ClN2O6. The predicted octanol–water partition coefficient (Wildman–Crippen LogP) is 1.05. The summed E-state index contributed by atoms with van der Waals surface area (Å²) < 4.78 is 5.62. The third-order valence-corrected chi connectivity index (χ3v) is 5.10. The minimum absolute atomic E-state index is 0.0252. The molecule has 24 heavy (non-hydrogen) atoms. The average Bonchev–Trinajstić information content (AvgIpc) is 3.19. The zero-order valence-corrected chi connectivity index (χ0v) is 12.8. The molecule has 3 aliphatic heterocycles. The molecule has 1 aromatic carbocycles. The number of halogens is 1. The Morgan fingerprint density at radius 3 is 2.79 bits per heavy atom. The Morgan fingerprint density at radius 1 is 1.38 bits per heavy atom. The highest BCUT2D eigenvalue weighted by molar-refractivity contribution is 6.36. The summed E-state index contributed by atoms with van der Waals surface area (Å²) >= 11 is 6.06. The number of ether oxygens (including phenoxy) is 1. The van der Waals surface area contributed by atoms with Crippen LogP contribution in [0, 0.1) is 22.0 Å². The number of hydrogen-bond donors (Lipinski definition) is 1. The van der Waals surface area contributed by atoms with E-state index in [-0.39, 0.29) is 16.4 Å². The molecule has 2 fully saturated rings. The van der Waals surface area contributed by atoms with Crippen LogP contribution in [0.2, 0.25) is 5.02 Å². The van der Waals surface area contributed by atoms with Gasteiger partial charge in [0, 0.05) is 12.1 Å². The molecule has 0 aromatic heterocycles. The molecule has 1 aromatic rings. The normalized spacial score (nSPS) is 33.4. The molecule has 3 aliphatic rings. The number of amides is 2. The number of aliphatic hydroxyl groups excluding tert-OH is 1. The van der Waals surface area contributed by atoms with Gasteiger partial charge in [0.2, 0.25) is 11.8 Å². The Kier molecular flexibility index (Phi) is 3.08.